The molecule has 3 rings (SSSR count). The van der Waals surface area contributed by atoms with Crippen molar-refractivity contribution in [3.8, 4) is 0 Å². The van der Waals surface area contributed by atoms with E-state index in [1.807, 2.05) is 11.3 Å². The Labute approximate surface area is 121 Å². The summed E-state index contributed by atoms with van der Waals surface area (Å²) < 4.78 is 0. The molecular formula is C16H26N2S. The van der Waals surface area contributed by atoms with E-state index in [4.69, 9.17) is 4.98 Å². The number of hydrogen-bond donors (Lipinski definition) is 1. The Hall–Kier alpha value is -0.410. The van der Waals surface area contributed by atoms with E-state index in [1.165, 1.54) is 42.8 Å². The number of hydrogen-bond acceptors (Lipinski definition) is 3. The highest BCUT2D eigenvalue weighted by Gasteiger charge is 2.44. The van der Waals surface area contributed by atoms with E-state index in [2.05, 4.69) is 38.4 Å². The van der Waals surface area contributed by atoms with Gasteiger partial charge in [0.2, 0.25) is 0 Å². The van der Waals surface area contributed by atoms with E-state index in [0.717, 1.165) is 12.0 Å². The summed E-state index contributed by atoms with van der Waals surface area (Å²) in [5, 5.41) is 7.54. The van der Waals surface area contributed by atoms with Gasteiger partial charge in [-0.15, -0.1) is 11.3 Å². The third kappa shape index (κ3) is 2.73. The Balaban J connectivity index is 1.89. The normalized spacial score (nSPS) is 31.9. The maximum Gasteiger partial charge on any atom is 0.113 e. The van der Waals surface area contributed by atoms with Crippen molar-refractivity contribution in [1.82, 2.24) is 10.3 Å². The van der Waals surface area contributed by atoms with Crippen LogP contribution in [0.25, 0.3) is 0 Å². The topological polar surface area (TPSA) is 24.9 Å². The molecule has 3 heteroatoms. The Morgan fingerprint density at radius 1 is 1.32 bits per heavy atom. The monoisotopic (exact) mass is 278 g/mol. The van der Waals surface area contributed by atoms with Crippen molar-refractivity contribution in [2.75, 3.05) is 0 Å². The molecule has 2 fully saturated rings. The number of rotatable bonds is 3. The highest BCUT2D eigenvalue weighted by molar-refractivity contribution is 7.09. The lowest BCUT2D eigenvalue weighted by atomic mass is 9.92. The average molecular weight is 278 g/mol. The van der Waals surface area contributed by atoms with E-state index in [-0.39, 0.29) is 11.0 Å². The molecule has 1 aromatic heterocycles. The van der Waals surface area contributed by atoms with Crippen molar-refractivity contribution < 1.29 is 0 Å². The molecule has 2 saturated carbocycles. The number of aromatic nitrogens is 1. The molecule has 0 radical (unpaired) electrons. The van der Waals surface area contributed by atoms with Crippen molar-refractivity contribution in [3.05, 3.63) is 16.1 Å². The third-order valence-electron chi connectivity index (χ3n) is 4.50. The maximum absolute atomic E-state index is 5.01. The summed E-state index contributed by atoms with van der Waals surface area (Å²) in [5.74, 6) is 0.827. The van der Waals surface area contributed by atoms with Crippen LogP contribution >= 0.6 is 11.3 Å². The molecule has 0 spiro atoms. The fourth-order valence-electron chi connectivity index (χ4n) is 3.14. The van der Waals surface area contributed by atoms with Crippen molar-refractivity contribution in [1.29, 1.82) is 0 Å². The largest absolute Gasteiger partial charge is 0.303 e. The van der Waals surface area contributed by atoms with Crippen LogP contribution in [0.15, 0.2) is 5.38 Å². The van der Waals surface area contributed by atoms with Gasteiger partial charge in [0, 0.05) is 16.8 Å². The van der Waals surface area contributed by atoms with Crippen LogP contribution in [-0.2, 0) is 11.0 Å². The van der Waals surface area contributed by atoms with E-state index < -0.39 is 0 Å². The summed E-state index contributed by atoms with van der Waals surface area (Å²) in [5.41, 5.74) is 1.61. The zero-order valence-electron chi connectivity index (χ0n) is 12.6. The molecular weight excluding hydrogens is 252 g/mol. The summed E-state index contributed by atoms with van der Waals surface area (Å²) >= 11 is 1.87. The molecule has 2 nitrogen and oxygen atoms in total. The lowest BCUT2D eigenvalue weighted by molar-refractivity contribution is 0.324. The summed E-state index contributed by atoms with van der Waals surface area (Å²) in [7, 11) is 0. The second-order valence-electron chi connectivity index (χ2n) is 7.64. The van der Waals surface area contributed by atoms with Crippen molar-refractivity contribution in [2.24, 2.45) is 5.92 Å². The predicted octanol–water partition coefficient (Wildman–Crippen LogP) is 4.21. The van der Waals surface area contributed by atoms with Crippen LogP contribution in [0.1, 0.15) is 70.5 Å². The Bertz CT molecular complexity index is 456. The second-order valence-corrected chi connectivity index (χ2v) is 8.49. The van der Waals surface area contributed by atoms with E-state index >= 15 is 0 Å². The van der Waals surface area contributed by atoms with Gasteiger partial charge in [-0.05, 0) is 38.0 Å². The van der Waals surface area contributed by atoms with Crippen LogP contribution < -0.4 is 5.32 Å². The Kier molecular flexibility index (Phi) is 3.25. The molecule has 0 bridgehead atoms. The zero-order valence-corrected chi connectivity index (χ0v) is 13.4. The number of nitrogens with zero attached hydrogens (tertiary/aromatic N) is 1. The fraction of sp³-hybridized carbons (Fsp3) is 0.812. The van der Waals surface area contributed by atoms with Crippen LogP contribution in [0, 0.1) is 5.92 Å². The summed E-state index contributed by atoms with van der Waals surface area (Å²) in [6.45, 7) is 9.15. The van der Waals surface area contributed by atoms with E-state index in [9.17, 15) is 0 Å². The fourth-order valence-corrected chi connectivity index (χ4v) is 4.39. The average Bonchev–Trinajstić information content (AvgIpc) is 2.84. The van der Waals surface area contributed by atoms with Gasteiger partial charge < -0.3 is 5.32 Å². The minimum Gasteiger partial charge on any atom is -0.303 e. The molecule has 0 saturated heterocycles. The Morgan fingerprint density at radius 3 is 2.53 bits per heavy atom. The highest BCUT2D eigenvalue weighted by atomic mass is 32.1. The van der Waals surface area contributed by atoms with Gasteiger partial charge in [0.1, 0.15) is 5.01 Å². The molecule has 2 aliphatic rings. The molecule has 1 aromatic rings. The molecule has 2 atom stereocenters. The number of thiazole rings is 1. The van der Waals surface area contributed by atoms with Crippen LogP contribution in [0.4, 0.5) is 0 Å². The Morgan fingerprint density at radius 2 is 2.05 bits per heavy atom. The second kappa shape index (κ2) is 4.56. The maximum atomic E-state index is 5.01. The number of nitrogens with one attached hydrogen (secondary N) is 1. The smallest absolute Gasteiger partial charge is 0.113 e. The van der Waals surface area contributed by atoms with Gasteiger partial charge in [-0.3, -0.25) is 0 Å². The predicted molar refractivity (Wildman–Crippen MR) is 81.7 cm³/mol. The van der Waals surface area contributed by atoms with Crippen molar-refractivity contribution in [3.63, 3.8) is 0 Å². The molecule has 0 aromatic carbocycles. The first-order chi connectivity index (χ1) is 8.89. The summed E-state index contributed by atoms with van der Waals surface area (Å²) in [4.78, 5) is 5.01. The summed E-state index contributed by atoms with van der Waals surface area (Å²) in [6, 6.07) is 0.757. The van der Waals surface area contributed by atoms with E-state index in [0.29, 0.717) is 0 Å². The van der Waals surface area contributed by atoms with Gasteiger partial charge in [-0.2, -0.15) is 0 Å². The first-order valence-electron chi connectivity index (χ1n) is 7.63. The lowest BCUT2D eigenvalue weighted by Crippen LogP contribution is -2.41. The minimum absolute atomic E-state index is 0.166. The van der Waals surface area contributed by atoms with Crippen LogP contribution in [0.3, 0.4) is 0 Å². The molecule has 19 heavy (non-hydrogen) atoms. The van der Waals surface area contributed by atoms with Gasteiger partial charge in [0.25, 0.3) is 0 Å². The van der Waals surface area contributed by atoms with Gasteiger partial charge in [-0.1, -0.05) is 27.7 Å². The summed E-state index contributed by atoms with van der Waals surface area (Å²) in [6.07, 6.45) is 6.58. The molecule has 106 valence electrons. The van der Waals surface area contributed by atoms with Crippen molar-refractivity contribution in [2.45, 2.75) is 76.8 Å². The van der Waals surface area contributed by atoms with Crippen molar-refractivity contribution >= 4 is 11.3 Å². The molecule has 0 amide bonds. The quantitative estimate of drug-likeness (QED) is 0.896. The molecule has 2 unspecified atom stereocenters. The first-order valence-corrected chi connectivity index (χ1v) is 8.51. The van der Waals surface area contributed by atoms with Crippen LogP contribution in [0.5, 0.6) is 0 Å². The van der Waals surface area contributed by atoms with E-state index in [1.54, 1.807) is 0 Å². The first kappa shape index (κ1) is 13.6. The zero-order chi connectivity index (χ0) is 13.7. The van der Waals surface area contributed by atoms with Gasteiger partial charge in [0.05, 0.1) is 11.2 Å². The molecule has 1 N–H and O–H groups in total. The lowest BCUT2D eigenvalue weighted by Gasteiger charge is -2.29. The molecule has 0 aliphatic heterocycles. The van der Waals surface area contributed by atoms with Gasteiger partial charge in [-0.25, -0.2) is 4.98 Å². The third-order valence-corrected chi connectivity index (χ3v) is 5.55. The molecule has 1 heterocycles. The van der Waals surface area contributed by atoms with Crippen LogP contribution in [0.2, 0.25) is 0 Å². The van der Waals surface area contributed by atoms with Gasteiger partial charge >= 0.3 is 0 Å². The molecule has 2 aliphatic carbocycles. The minimum atomic E-state index is 0.166. The standard InChI is InChI=1S/C16H26N2S/c1-11-7-8-16(9-11,18-12-5-6-12)14-17-13(10-19-14)15(2,3)4/h10-12,18H,5-9H2,1-4H3. The van der Waals surface area contributed by atoms with Crippen LogP contribution in [-0.4, -0.2) is 11.0 Å². The SMILES string of the molecule is CC1CCC(NC2CC2)(c2nc(C(C)(C)C)cs2)C1. The highest BCUT2D eigenvalue weighted by Crippen LogP contribution is 2.45. The van der Waals surface area contributed by atoms with Gasteiger partial charge in [0.15, 0.2) is 0 Å².